The number of rotatable bonds is 3. The van der Waals surface area contributed by atoms with Crippen LogP contribution in [0.3, 0.4) is 0 Å². The van der Waals surface area contributed by atoms with Gasteiger partial charge in [0.15, 0.2) is 0 Å². The summed E-state index contributed by atoms with van der Waals surface area (Å²) in [5, 5.41) is 3.26. The van der Waals surface area contributed by atoms with E-state index in [0.29, 0.717) is 10.9 Å². The molecule has 2 atom stereocenters. The number of anilines is 1. The third-order valence-corrected chi connectivity index (χ3v) is 6.50. The van der Waals surface area contributed by atoms with Gasteiger partial charge >= 0.3 is 0 Å². The summed E-state index contributed by atoms with van der Waals surface area (Å²) in [6.07, 6.45) is 4.13. The van der Waals surface area contributed by atoms with E-state index in [2.05, 4.69) is 14.9 Å². The van der Waals surface area contributed by atoms with Crippen LogP contribution in [-0.2, 0) is 16.4 Å². The Morgan fingerprint density at radius 3 is 3.05 bits per heavy atom. The van der Waals surface area contributed by atoms with Gasteiger partial charge in [-0.1, -0.05) is 0 Å². The third kappa shape index (κ3) is 2.35. The standard InChI is InChI=1S/C15H21N3O2S/c19-21(20,12-3-4-13-11(10-12)5-7-16-13)17-14-6-9-18-8-1-2-15(14)18/h3-4,10,14-17H,1-2,5-9H2. The van der Waals surface area contributed by atoms with Crippen LogP contribution in [0.2, 0.25) is 0 Å². The summed E-state index contributed by atoms with van der Waals surface area (Å²) in [7, 11) is -3.41. The molecular weight excluding hydrogens is 286 g/mol. The second kappa shape index (κ2) is 4.97. The van der Waals surface area contributed by atoms with Gasteiger partial charge in [0.1, 0.15) is 0 Å². The fraction of sp³-hybridized carbons (Fsp3) is 0.600. The number of nitrogens with zero attached hydrogens (tertiary/aromatic N) is 1. The number of fused-ring (bicyclic) bond motifs is 2. The van der Waals surface area contributed by atoms with Crippen LogP contribution in [0, 0.1) is 0 Å². The van der Waals surface area contributed by atoms with E-state index >= 15 is 0 Å². The molecule has 0 aliphatic carbocycles. The summed E-state index contributed by atoms with van der Waals surface area (Å²) >= 11 is 0. The smallest absolute Gasteiger partial charge is 0.240 e. The molecule has 0 spiro atoms. The molecule has 21 heavy (non-hydrogen) atoms. The highest BCUT2D eigenvalue weighted by Crippen LogP contribution is 2.30. The van der Waals surface area contributed by atoms with Gasteiger partial charge in [0.2, 0.25) is 10.0 Å². The summed E-state index contributed by atoms with van der Waals surface area (Å²) in [5.74, 6) is 0. The van der Waals surface area contributed by atoms with Gasteiger partial charge in [0.25, 0.3) is 0 Å². The Morgan fingerprint density at radius 2 is 2.14 bits per heavy atom. The molecule has 2 N–H and O–H groups in total. The Bertz CT molecular complexity index is 659. The summed E-state index contributed by atoms with van der Waals surface area (Å²) in [4.78, 5) is 2.82. The molecular formula is C15H21N3O2S. The number of hydrogen-bond donors (Lipinski definition) is 2. The van der Waals surface area contributed by atoms with Gasteiger partial charge in [-0.15, -0.1) is 0 Å². The molecule has 3 aliphatic rings. The van der Waals surface area contributed by atoms with Crippen molar-refractivity contribution in [2.24, 2.45) is 0 Å². The van der Waals surface area contributed by atoms with Crippen LogP contribution < -0.4 is 10.0 Å². The molecule has 0 bridgehead atoms. The van der Waals surface area contributed by atoms with Crippen molar-refractivity contribution >= 4 is 15.7 Å². The molecule has 5 nitrogen and oxygen atoms in total. The van der Waals surface area contributed by atoms with Gasteiger partial charge in [-0.2, -0.15) is 0 Å². The molecule has 1 aromatic carbocycles. The van der Waals surface area contributed by atoms with Crippen molar-refractivity contribution in [2.75, 3.05) is 25.0 Å². The zero-order valence-electron chi connectivity index (χ0n) is 12.0. The van der Waals surface area contributed by atoms with Crippen LogP contribution in [0.1, 0.15) is 24.8 Å². The zero-order valence-corrected chi connectivity index (χ0v) is 12.8. The molecule has 2 fully saturated rings. The van der Waals surface area contributed by atoms with Gasteiger partial charge in [0, 0.05) is 30.9 Å². The van der Waals surface area contributed by atoms with Crippen LogP contribution in [0.4, 0.5) is 5.69 Å². The lowest BCUT2D eigenvalue weighted by atomic mass is 10.1. The van der Waals surface area contributed by atoms with E-state index in [4.69, 9.17) is 0 Å². The predicted molar refractivity (Wildman–Crippen MR) is 82.0 cm³/mol. The van der Waals surface area contributed by atoms with Crippen LogP contribution in [-0.4, -0.2) is 45.0 Å². The van der Waals surface area contributed by atoms with Gasteiger partial charge in [-0.25, -0.2) is 13.1 Å². The van der Waals surface area contributed by atoms with Gasteiger partial charge in [-0.05, 0) is 56.0 Å². The molecule has 0 saturated carbocycles. The third-order valence-electron chi connectivity index (χ3n) is 5.01. The number of nitrogens with one attached hydrogen (secondary N) is 2. The number of sulfonamides is 1. The highest BCUT2D eigenvalue weighted by atomic mass is 32.2. The van der Waals surface area contributed by atoms with E-state index in [-0.39, 0.29) is 6.04 Å². The maximum Gasteiger partial charge on any atom is 0.240 e. The normalized spacial score (nSPS) is 28.4. The first kappa shape index (κ1) is 13.5. The average molecular weight is 307 g/mol. The van der Waals surface area contributed by atoms with Crippen molar-refractivity contribution in [1.82, 2.24) is 9.62 Å². The summed E-state index contributed by atoms with van der Waals surface area (Å²) in [6, 6.07) is 5.88. The first-order valence-electron chi connectivity index (χ1n) is 7.77. The largest absolute Gasteiger partial charge is 0.384 e. The van der Waals surface area contributed by atoms with Gasteiger partial charge < -0.3 is 5.32 Å². The molecule has 6 heteroatoms. The molecule has 0 aromatic heterocycles. The maximum atomic E-state index is 12.6. The number of benzene rings is 1. The first-order chi connectivity index (χ1) is 10.1. The second-order valence-corrected chi connectivity index (χ2v) is 7.97. The van der Waals surface area contributed by atoms with Crippen molar-refractivity contribution in [3.8, 4) is 0 Å². The fourth-order valence-corrected chi connectivity index (χ4v) is 5.29. The zero-order chi connectivity index (χ0) is 14.4. The van der Waals surface area contributed by atoms with Crippen molar-refractivity contribution in [2.45, 2.75) is 42.7 Å². The van der Waals surface area contributed by atoms with E-state index in [9.17, 15) is 8.42 Å². The summed E-state index contributed by atoms with van der Waals surface area (Å²) < 4.78 is 28.2. The second-order valence-electron chi connectivity index (χ2n) is 6.26. The predicted octanol–water partition coefficient (Wildman–Crippen LogP) is 1.17. The molecule has 4 rings (SSSR count). The van der Waals surface area contributed by atoms with Crippen molar-refractivity contribution in [1.29, 1.82) is 0 Å². The van der Waals surface area contributed by atoms with Crippen LogP contribution in [0.5, 0.6) is 0 Å². The Morgan fingerprint density at radius 1 is 1.24 bits per heavy atom. The quantitative estimate of drug-likeness (QED) is 0.880. The summed E-state index contributed by atoms with van der Waals surface area (Å²) in [5.41, 5.74) is 2.17. The molecule has 2 unspecified atom stereocenters. The minimum Gasteiger partial charge on any atom is -0.384 e. The van der Waals surface area contributed by atoms with Crippen molar-refractivity contribution in [3.05, 3.63) is 23.8 Å². The average Bonchev–Trinajstić information content (AvgIpc) is 3.15. The molecule has 114 valence electrons. The van der Waals surface area contributed by atoms with E-state index < -0.39 is 10.0 Å². The Labute approximate surface area is 125 Å². The molecule has 0 amide bonds. The number of hydrogen-bond acceptors (Lipinski definition) is 4. The minimum absolute atomic E-state index is 0.0730. The molecule has 1 aromatic rings. The molecule has 0 radical (unpaired) electrons. The molecule has 3 aliphatic heterocycles. The highest BCUT2D eigenvalue weighted by Gasteiger charge is 2.39. The minimum atomic E-state index is -3.41. The first-order valence-corrected chi connectivity index (χ1v) is 9.25. The SMILES string of the molecule is O=S(=O)(NC1CCN2CCCC12)c1ccc2c(c1)CCN2. The van der Waals surface area contributed by atoms with Crippen LogP contribution >= 0.6 is 0 Å². The monoisotopic (exact) mass is 307 g/mol. The lowest BCUT2D eigenvalue weighted by Crippen LogP contribution is -2.42. The fourth-order valence-electron chi connectivity index (χ4n) is 3.94. The highest BCUT2D eigenvalue weighted by molar-refractivity contribution is 7.89. The summed E-state index contributed by atoms with van der Waals surface area (Å²) in [6.45, 7) is 3.03. The van der Waals surface area contributed by atoms with Crippen molar-refractivity contribution < 1.29 is 8.42 Å². The maximum absolute atomic E-state index is 12.6. The van der Waals surface area contributed by atoms with E-state index in [1.807, 2.05) is 12.1 Å². The Kier molecular flexibility index (Phi) is 3.20. The molecule has 2 saturated heterocycles. The van der Waals surface area contributed by atoms with Crippen molar-refractivity contribution in [3.63, 3.8) is 0 Å². The lowest BCUT2D eigenvalue weighted by molar-refractivity contribution is 0.309. The Balaban J connectivity index is 1.56. The lowest BCUT2D eigenvalue weighted by Gasteiger charge is -2.21. The van der Waals surface area contributed by atoms with E-state index in [1.54, 1.807) is 6.07 Å². The van der Waals surface area contributed by atoms with E-state index in [1.165, 1.54) is 6.42 Å². The van der Waals surface area contributed by atoms with Gasteiger partial charge in [0.05, 0.1) is 4.90 Å². The van der Waals surface area contributed by atoms with Crippen LogP contribution in [0.25, 0.3) is 0 Å². The van der Waals surface area contributed by atoms with Gasteiger partial charge in [-0.3, -0.25) is 4.90 Å². The van der Waals surface area contributed by atoms with Crippen LogP contribution in [0.15, 0.2) is 23.1 Å². The van der Waals surface area contributed by atoms with E-state index in [0.717, 1.165) is 50.1 Å². The molecule has 3 heterocycles. The Hall–Kier alpha value is -1.11. The topological polar surface area (TPSA) is 61.4 Å².